The highest BCUT2D eigenvalue weighted by atomic mass is 16.3. The summed E-state index contributed by atoms with van der Waals surface area (Å²) in [5, 5.41) is 12.5. The molecular weight excluding hydrogens is 138 g/mol. The van der Waals surface area contributed by atoms with Gasteiger partial charge in [0.25, 0.3) is 0 Å². The molecule has 2 nitrogen and oxygen atoms in total. The van der Waals surface area contributed by atoms with Gasteiger partial charge in [-0.25, -0.2) is 0 Å². The van der Waals surface area contributed by atoms with Gasteiger partial charge in [-0.3, -0.25) is 0 Å². The zero-order chi connectivity index (χ0) is 7.68. The van der Waals surface area contributed by atoms with Gasteiger partial charge >= 0.3 is 0 Å². The van der Waals surface area contributed by atoms with Crippen molar-refractivity contribution < 1.29 is 5.11 Å². The maximum absolute atomic E-state index is 9.38. The van der Waals surface area contributed by atoms with Gasteiger partial charge in [0.05, 0.1) is 0 Å². The highest BCUT2D eigenvalue weighted by molar-refractivity contribution is 5.74. The first kappa shape index (κ1) is 6.28. The molecule has 1 aromatic rings. The summed E-state index contributed by atoms with van der Waals surface area (Å²) in [7, 11) is 0. The summed E-state index contributed by atoms with van der Waals surface area (Å²) >= 11 is 0. The Kier molecular flexibility index (Phi) is 1.32. The van der Waals surface area contributed by atoms with Crippen molar-refractivity contribution >= 4 is 11.4 Å². The van der Waals surface area contributed by atoms with E-state index in [1.54, 1.807) is 6.08 Å². The second-order valence-electron chi connectivity index (χ2n) is 2.52. The monoisotopic (exact) mass is 147 g/mol. The van der Waals surface area contributed by atoms with Crippen molar-refractivity contribution in [3.8, 4) is 0 Å². The first-order valence-electron chi connectivity index (χ1n) is 3.60. The third-order valence-electron chi connectivity index (χ3n) is 1.79. The largest absolute Gasteiger partial charge is 0.508 e. The molecule has 1 aliphatic rings. The average molecular weight is 147 g/mol. The van der Waals surface area contributed by atoms with Crippen LogP contribution in [0.1, 0.15) is 5.56 Å². The third kappa shape index (κ3) is 0.963. The Morgan fingerprint density at radius 1 is 1.27 bits per heavy atom. The topological polar surface area (TPSA) is 32.3 Å². The van der Waals surface area contributed by atoms with Crippen LogP contribution in [0.5, 0.6) is 0 Å². The lowest BCUT2D eigenvalue weighted by Gasteiger charge is -2.14. The minimum Gasteiger partial charge on any atom is -0.508 e. The summed E-state index contributed by atoms with van der Waals surface area (Å²) in [6, 6.07) is 7.71. The lowest BCUT2D eigenvalue weighted by Crippen LogP contribution is -2.07. The quantitative estimate of drug-likeness (QED) is 0.588. The molecule has 1 aliphatic heterocycles. The van der Waals surface area contributed by atoms with Gasteiger partial charge < -0.3 is 10.4 Å². The van der Waals surface area contributed by atoms with Gasteiger partial charge in [-0.2, -0.15) is 0 Å². The van der Waals surface area contributed by atoms with E-state index in [1.807, 2.05) is 24.3 Å². The highest BCUT2D eigenvalue weighted by Crippen LogP contribution is 2.24. The Labute approximate surface area is 65.2 Å². The predicted octanol–water partition coefficient (Wildman–Crippen LogP) is 2.01. The molecule has 1 heterocycles. The van der Waals surface area contributed by atoms with E-state index in [0.29, 0.717) is 12.3 Å². The van der Waals surface area contributed by atoms with Crippen LogP contribution in [0.3, 0.4) is 0 Å². The Hall–Kier alpha value is -1.44. The molecule has 2 heteroatoms. The summed E-state index contributed by atoms with van der Waals surface area (Å²) < 4.78 is 0. The number of aliphatic hydroxyl groups is 1. The van der Waals surface area contributed by atoms with E-state index in [1.165, 1.54) is 0 Å². The Balaban J connectivity index is 2.56. The van der Waals surface area contributed by atoms with Crippen molar-refractivity contribution in [1.29, 1.82) is 0 Å². The van der Waals surface area contributed by atoms with Crippen LogP contribution in [0, 0.1) is 0 Å². The molecule has 0 saturated heterocycles. The van der Waals surface area contributed by atoms with Crippen LogP contribution < -0.4 is 5.32 Å². The summed E-state index contributed by atoms with van der Waals surface area (Å²) in [6.45, 7) is 0.711. The molecule has 2 N–H and O–H groups in total. The maximum atomic E-state index is 9.38. The van der Waals surface area contributed by atoms with Crippen molar-refractivity contribution in [3.63, 3.8) is 0 Å². The molecule has 0 spiro atoms. The number of aliphatic hydroxyl groups excluding tert-OH is 1. The van der Waals surface area contributed by atoms with E-state index in [0.717, 1.165) is 11.3 Å². The lowest BCUT2D eigenvalue weighted by molar-refractivity contribution is 0.509. The van der Waals surface area contributed by atoms with Crippen LogP contribution in [0.4, 0.5) is 5.69 Å². The van der Waals surface area contributed by atoms with Gasteiger partial charge in [0.15, 0.2) is 0 Å². The Bertz CT molecular complexity index is 304. The second kappa shape index (κ2) is 2.31. The van der Waals surface area contributed by atoms with Crippen LogP contribution in [-0.2, 0) is 0 Å². The molecule has 56 valence electrons. The molecule has 0 bridgehead atoms. The SMILES string of the molecule is OC1=CCNc2ccccc21. The highest BCUT2D eigenvalue weighted by Gasteiger charge is 2.08. The fraction of sp³-hybridized carbons (Fsp3) is 0.111. The van der Waals surface area contributed by atoms with Gasteiger partial charge in [-0.05, 0) is 18.2 Å². The normalized spacial score (nSPS) is 14.7. The number of nitrogens with one attached hydrogen (secondary N) is 1. The first-order chi connectivity index (χ1) is 5.38. The van der Waals surface area contributed by atoms with E-state index in [2.05, 4.69) is 5.32 Å². The zero-order valence-electron chi connectivity index (χ0n) is 6.04. The number of rotatable bonds is 0. The van der Waals surface area contributed by atoms with E-state index < -0.39 is 0 Å². The molecule has 0 radical (unpaired) electrons. The molecular formula is C9H9NO. The van der Waals surface area contributed by atoms with Crippen molar-refractivity contribution in [1.82, 2.24) is 0 Å². The first-order valence-corrected chi connectivity index (χ1v) is 3.60. The van der Waals surface area contributed by atoms with Gasteiger partial charge in [0.2, 0.25) is 0 Å². The third-order valence-corrected chi connectivity index (χ3v) is 1.79. The molecule has 0 saturated carbocycles. The van der Waals surface area contributed by atoms with Crippen molar-refractivity contribution in [2.45, 2.75) is 0 Å². The minimum absolute atomic E-state index is 0.374. The molecule has 0 aliphatic carbocycles. The van der Waals surface area contributed by atoms with E-state index in [4.69, 9.17) is 0 Å². The average Bonchev–Trinajstić information content (AvgIpc) is 2.06. The molecule has 1 aromatic carbocycles. The molecule has 0 unspecified atom stereocenters. The number of benzene rings is 1. The molecule has 11 heavy (non-hydrogen) atoms. The molecule has 0 aromatic heterocycles. The standard InChI is InChI=1S/C9H9NO/c11-9-5-6-10-8-4-2-1-3-7(8)9/h1-5,10-11H,6H2. The Morgan fingerprint density at radius 2 is 2.09 bits per heavy atom. The zero-order valence-corrected chi connectivity index (χ0v) is 6.04. The van der Waals surface area contributed by atoms with Crippen LogP contribution in [0.2, 0.25) is 0 Å². The Morgan fingerprint density at radius 3 is 2.91 bits per heavy atom. The summed E-state index contributed by atoms with van der Waals surface area (Å²) in [4.78, 5) is 0. The predicted molar refractivity (Wildman–Crippen MR) is 45.5 cm³/mol. The number of anilines is 1. The van der Waals surface area contributed by atoms with Gasteiger partial charge in [0.1, 0.15) is 5.76 Å². The van der Waals surface area contributed by atoms with E-state index in [9.17, 15) is 5.11 Å². The van der Waals surface area contributed by atoms with Crippen LogP contribution in [-0.4, -0.2) is 11.7 Å². The number of fused-ring (bicyclic) bond motifs is 1. The van der Waals surface area contributed by atoms with Crippen molar-refractivity contribution in [3.05, 3.63) is 35.9 Å². The summed E-state index contributed by atoms with van der Waals surface area (Å²) in [5.41, 5.74) is 1.89. The molecule has 0 fully saturated rings. The van der Waals surface area contributed by atoms with Crippen LogP contribution in [0.25, 0.3) is 5.76 Å². The van der Waals surface area contributed by atoms with E-state index in [-0.39, 0.29) is 0 Å². The fourth-order valence-electron chi connectivity index (χ4n) is 1.23. The second-order valence-corrected chi connectivity index (χ2v) is 2.52. The molecule has 0 amide bonds. The van der Waals surface area contributed by atoms with E-state index >= 15 is 0 Å². The van der Waals surface area contributed by atoms with Gasteiger partial charge in [-0.1, -0.05) is 12.1 Å². The number of hydrogen-bond donors (Lipinski definition) is 2. The maximum Gasteiger partial charge on any atom is 0.122 e. The van der Waals surface area contributed by atoms with Gasteiger partial charge in [0, 0.05) is 17.8 Å². The van der Waals surface area contributed by atoms with Gasteiger partial charge in [-0.15, -0.1) is 0 Å². The van der Waals surface area contributed by atoms with Crippen LogP contribution in [0.15, 0.2) is 30.3 Å². The lowest BCUT2D eigenvalue weighted by atomic mass is 10.1. The fourth-order valence-corrected chi connectivity index (χ4v) is 1.23. The molecule has 2 rings (SSSR count). The summed E-state index contributed by atoms with van der Waals surface area (Å²) in [5.74, 6) is 0.374. The van der Waals surface area contributed by atoms with Crippen molar-refractivity contribution in [2.75, 3.05) is 11.9 Å². The smallest absolute Gasteiger partial charge is 0.122 e. The molecule has 0 atom stereocenters. The summed E-state index contributed by atoms with van der Waals surface area (Å²) in [6.07, 6.45) is 1.77. The minimum atomic E-state index is 0.374. The number of hydrogen-bond acceptors (Lipinski definition) is 2. The van der Waals surface area contributed by atoms with Crippen molar-refractivity contribution in [2.24, 2.45) is 0 Å². The van der Waals surface area contributed by atoms with Crippen LogP contribution >= 0.6 is 0 Å². The number of para-hydroxylation sites is 1.